The molecule has 2 heterocycles. The Hall–Kier alpha value is -3.36. The number of aliphatic hydroxyl groups is 1. The first-order valence-electron chi connectivity index (χ1n) is 12.0. The minimum atomic E-state index is -0.781. The Balaban J connectivity index is 1.73. The van der Waals surface area contributed by atoms with Gasteiger partial charge >= 0.3 is 0 Å². The van der Waals surface area contributed by atoms with Crippen molar-refractivity contribution in [1.82, 2.24) is 9.80 Å². The van der Waals surface area contributed by atoms with Crippen LogP contribution in [0.3, 0.4) is 0 Å². The maximum absolute atomic E-state index is 13.2. The number of likely N-dealkylation sites (tertiary alicyclic amines) is 1. The molecule has 4 rings (SSSR count). The molecule has 2 aromatic carbocycles. The smallest absolute Gasteiger partial charge is 0.295 e. The number of aromatic hydroxyl groups is 1. The van der Waals surface area contributed by atoms with Crippen LogP contribution in [0, 0.1) is 6.92 Å². The van der Waals surface area contributed by atoms with Crippen LogP contribution in [0.15, 0.2) is 48.0 Å². The summed E-state index contributed by atoms with van der Waals surface area (Å²) in [7, 11) is 0. The number of carbonyl (C=O) groups excluding carboxylic acids is 2. The number of carbonyl (C=O) groups is 2. The molecule has 1 atom stereocenters. The van der Waals surface area contributed by atoms with Crippen molar-refractivity contribution in [1.29, 1.82) is 0 Å². The molecule has 0 radical (unpaired) electrons. The highest BCUT2D eigenvalue weighted by Crippen LogP contribution is 2.41. The van der Waals surface area contributed by atoms with Gasteiger partial charge in [-0.1, -0.05) is 30.7 Å². The first-order valence-corrected chi connectivity index (χ1v) is 12.0. The SMILES string of the molecule is CCCOc1ccc([C@@H]2C(=C(O)c3cc(C)ccc3O)C(=O)C(=O)N2CCN2CCOCC2)cc1. The lowest BCUT2D eigenvalue weighted by Gasteiger charge is -2.31. The average molecular weight is 481 g/mol. The van der Waals surface area contributed by atoms with Gasteiger partial charge in [0.05, 0.1) is 37.0 Å². The second-order valence-electron chi connectivity index (χ2n) is 8.88. The number of aliphatic hydroxyl groups excluding tert-OH is 1. The fourth-order valence-electron chi connectivity index (χ4n) is 4.48. The van der Waals surface area contributed by atoms with Gasteiger partial charge in [0, 0.05) is 26.2 Å². The summed E-state index contributed by atoms with van der Waals surface area (Å²) in [5.74, 6) is -1.27. The van der Waals surface area contributed by atoms with Crippen molar-refractivity contribution in [3.8, 4) is 11.5 Å². The van der Waals surface area contributed by atoms with Gasteiger partial charge in [-0.25, -0.2) is 0 Å². The number of morpholine rings is 1. The minimum absolute atomic E-state index is 0.0277. The van der Waals surface area contributed by atoms with E-state index in [0.717, 1.165) is 25.1 Å². The second kappa shape index (κ2) is 10.9. The second-order valence-corrected chi connectivity index (χ2v) is 8.88. The number of ketones is 1. The molecule has 2 fully saturated rings. The van der Waals surface area contributed by atoms with E-state index in [1.165, 1.54) is 11.0 Å². The van der Waals surface area contributed by atoms with E-state index in [-0.39, 0.29) is 22.6 Å². The number of phenolic OH excluding ortho intramolecular Hbond substituents is 1. The lowest BCUT2D eigenvalue weighted by molar-refractivity contribution is -0.140. The zero-order valence-corrected chi connectivity index (χ0v) is 20.2. The zero-order valence-electron chi connectivity index (χ0n) is 20.2. The van der Waals surface area contributed by atoms with Gasteiger partial charge in [0.25, 0.3) is 11.7 Å². The molecule has 0 spiro atoms. The van der Waals surface area contributed by atoms with E-state index in [2.05, 4.69) is 4.90 Å². The number of benzene rings is 2. The van der Waals surface area contributed by atoms with Crippen LogP contribution in [-0.2, 0) is 14.3 Å². The van der Waals surface area contributed by atoms with Gasteiger partial charge in [-0.2, -0.15) is 0 Å². The van der Waals surface area contributed by atoms with Crippen LogP contribution in [0.4, 0.5) is 0 Å². The van der Waals surface area contributed by atoms with Crippen LogP contribution < -0.4 is 4.74 Å². The summed E-state index contributed by atoms with van der Waals surface area (Å²) in [5, 5.41) is 21.6. The number of amides is 1. The van der Waals surface area contributed by atoms with E-state index in [0.29, 0.717) is 44.2 Å². The van der Waals surface area contributed by atoms with Crippen LogP contribution >= 0.6 is 0 Å². The van der Waals surface area contributed by atoms with Crippen molar-refractivity contribution in [3.63, 3.8) is 0 Å². The van der Waals surface area contributed by atoms with Crippen molar-refractivity contribution in [2.45, 2.75) is 26.3 Å². The number of aryl methyl sites for hydroxylation is 1. The number of hydrogen-bond acceptors (Lipinski definition) is 7. The van der Waals surface area contributed by atoms with Crippen molar-refractivity contribution in [3.05, 3.63) is 64.7 Å². The van der Waals surface area contributed by atoms with E-state index in [1.54, 1.807) is 24.3 Å². The highest BCUT2D eigenvalue weighted by atomic mass is 16.5. The van der Waals surface area contributed by atoms with Gasteiger partial charge < -0.3 is 24.6 Å². The Morgan fingerprint density at radius 1 is 1.09 bits per heavy atom. The molecule has 8 heteroatoms. The fourth-order valence-corrected chi connectivity index (χ4v) is 4.48. The lowest BCUT2D eigenvalue weighted by atomic mass is 9.94. The summed E-state index contributed by atoms with van der Waals surface area (Å²) in [6.45, 7) is 8.12. The van der Waals surface area contributed by atoms with Crippen molar-refractivity contribution >= 4 is 17.4 Å². The molecule has 8 nitrogen and oxygen atoms in total. The quantitative estimate of drug-likeness (QED) is 0.340. The third-order valence-corrected chi connectivity index (χ3v) is 6.38. The minimum Gasteiger partial charge on any atom is -0.507 e. The van der Waals surface area contributed by atoms with E-state index in [9.17, 15) is 19.8 Å². The van der Waals surface area contributed by atoms with Gasteiger partial charge in [-0.3, -0.25) is 14.5 Å². The largest absolute Gasteiger partial charge is 0.507 e. The molecular formula is C27H32N2O6. The summed E-state index contributed by atoms with van der Waals surface area (Å²) in [6.07, 6.45) is 0.878. The van der Waals surface area contributed by atoms with E-state index >= 15 is 0 Å². The summed E-state index contributed by atoms with van der Waals surface area (Å²) in [5.41, 5.74) is 1.59. The molecule has 186 valence electrons. The molecule has 2 saturated heterocycles. The average Bonchev–Trinajstić information content (AvgIpc) is 3.13. The molecule has 1 amide bonds. The zero-order chi connectivity index (χ0) is 24.9. The van der Waals surface area contributed by atoms with Crippen molar-refractivity contribution in [2.24, 2.45) is 0 Å². The van der Waals surface area contributed by atoms with E-state index in [4.69, 9.17) is 9.47 Å². The third kappa shape index (κ3) is 5.33. The van der Waals surface area contributed by atoms with E-state index in [1.807, 2.05) is 26.0 Å². The predicted molar refractivity (Wildman–Crippen MR) is 131 cm³/mol. The van der Waals surface area contributed by atoms with Crippen LogP contribution in [0.25, 0.3) is 5.76 Å². The molecule has 0 unspecified atom stereocenters. The van der Waals surface area contributed by atoms with Crippen LogP contribution in [-0.4, -0.2) is 77.7 Å². The first kappa shape index (κ1) is 24.8. The molecule has 2 aromatic rings. The number of phenols is 1. The Labute approximate surface area is 205 Å². The summed E-state index contributed by atoms with van der Waals surface area (Å²) in [6, 6.07) is 11.2. The highest BCUT2D eigenvalue weighted by Gasteiger charge is 2.46. The lowest BCUT2D eigenvalue weighted by Crippen LogP contribution is -2.42. The molecule has 2 aliphatic rings. The first-order chi connectivity index (χ1) is 16.9. The van der Waals surface area contributed by atoms with Gasteiger partial charge in [-0.05, 0) is 43.2 Å². The maximum Gasteiger partial charge on any atom is 0.295 e. The molecule has 2 N–H and O–H groups in total. The summed E-state index contributed by atoms with van der Waals surface area (Å²) >= 11 is 0. The molecule has 35 heavy (non-hydrogen) atoms. The van der Waals surface area contributed by atoms with Gasteiger partial charge in [-0.15, -0.1) is 0 Å². The standard InChI is InChI=1S/C27H32N2O6/c1-3-14-35-20-7-5-19(6-8-20)24-23(25(31)21-17-18(2)4-9-22(21)30)26(32)27(33)29(24)11-10-28-12-15-34-16-13-28/h4-9,17,24,30-31H,3,10-16H2,1-2H3/t24-/m1/s1. The number of Topliss-reactive ketones (excluding diaryl/α,β-unsaturated/α-hetero) is 1. The van der Waals surface area contributed by atoms with Gasteiger partial charge in [0.15, 0.2) is 0 Å². The van der Waals surface area contributed by atoms with Crippen LogP contribution in [0.1, 0.15) is 36.1 Å². The number of nitrogens with zero attached hydrogens (tertiary/aromatic N) is 2. The monoisotopic (exact) mass is 480 g/mol. The number of ether oxygens (including phenoxy) is 2. The van der Waals surface area contributed by atoms with Gasteiger partial charge in [0.1, 0.15) is 17.3 Å². The molecule has 2 aliphatic heterocycles. The number of rotatable bonds is 8. The highest BCUT2D eigenvalue weighted by molar-refractivity contribution is 6.46. The Bertz CT molecular complexity index is 1110. The van der Waals surface area contributed by atoms with Crippen LogP contribution in [0.2, 0.25) is 0 Å². The fraction of sp³-hybridized carbons (Fsp3) is 0.407. The molecule has 0 aromatic heterocycles. The molecule has 0 saturated carbocycles. The predicted octanol–water partition coefficient (Wildman–Crippen LogP) is 3.24. The normalized spacial score (nSPS) is 20.4. The van der Waals surface area contributed by atoms with Crippen LogP contribution in [0.5, 0.6) is 11.5 Å². The van der Waals surface area contributed by atoms with Gasteiger partial charge in [0.2, 0.25) is 0 Å². The third-order valence-electron chi connectivity index (χ3n) is 6.38. The Morgan fingerprint density at radius 2 is 1.80 bits per heavy atom. The molecule has 0 bridgehead atoms. The maximum atomic E-state index is 13.2. The summed E-state index contributed by atoms with van der Waals surface area (Å²) < 4.78 is 11.1. The van der Waals surface area contributed by atoms with Crippen molar-refractivity contribution < 1.29 is 29.3 Å². The summed E-state index contributed by atoms with van der Waals surface area (Å²) in [4.78, 5) is 30.1. The van der Waals surface area contributed by atoms with Crippen molar-refractivity contribution in [2.75, 3.05) is 46.0 Å². The Kier molecular flexibility index (Phi) is 7.73. The number of hydrogen-bond donors (Lipinski definition) is 2. The molecule has 0 aliphatic carbocycles. The molecular weight excluding hydrogens is 448 g/mol. The Morgan fingerprint density at radius 3 is 2.49 bits per heavy atom. The van der Waals surface area contributed by atoms with E-state index < -0.39 is 17.7 Å². The topological polar surface area (TPSA) is 99.5 Å².